The second kappa shape index (κ2) is 5.18. The van der Waals surface area contributed by atoms with Crippen LogP contribution >= 0.6 is 0 Å². The molecule has 0 radical (unpaired) electrons. The second-order valence-corrected chi connectivity index (χ2v) is 6.88. The zero-order chi connectivity index (χ0) is 13.2. The van der Waals surface area contributed by atoms with Crippen molar-refractivity contribution in [3.8, 4) is 0 Å². The van der Waals surface area contributed by atoms with Gasteiger partial charge in [-0.15, -0.1) is 0 Å². The zero-order valence-corrected chi connectivity index (χ0v) is 11.5. The van der Waals surface area contributed by atoms with Gasteiger partial charge in [0.05, 0.1) is 10.6 Å². The maximum Gasteiger partial charge on any atom is 0.177 e. The van der Waals surface area contributed by atoms with Gasteiger partial charge in [0.1, 0.15) is 0 Å². The Balaban J connectivity index is 2.44. The number of nitrogen functional groups attached to an aromatic ring is 1. The molecule has 18 heavy (non-hydrogen) atoms. The highest BCUT2D eigenvalue weighted by molar-refractivity contribution is 7.90. The highest BCUT2D eigenvalue weighted by Gasteiger charge is 2.19. The molecule has 0 aromatic heterocycles. The van der Waals surface area contributed by atoms with Crippen molar-refractivity contribution < 1.29 is 8.42 Å². The molecule has 0 aliphatic carbocycles. The van der Waals surface area contributed by atoms with E-state index < -0.39 is 9.84 Å². The lowest BCUT2D eigenvalue weighted by atomic mass is 10.2. The number of rotatable bonds is 2. The number of anilines is 2. The van der Waals surface area contributed by atoms with Crippen LogP contribution in [0.3, 0.4) is 0 Å². The van der Waals surface area contributed by atoms with E-state index in [9.17, 15) is 8.42 Å². The van der Waals surface area contributed by atoms with Gasteiger partial charge >= 0.3 is 0 Å². The first-order chi connectivity index (χ1) is 8.48. The van der Waals surface area contributed by atoms with Crippen molar-refractivity contribution in [2.75, 3.05) is 30.0 Å². The van der Waals surface area contributed by atoms with Crippen LogP contribution in [0.15, 0.2) is 23.1 Å². The van der Waals surface area contributed by atoms with E-state index in [1.54, 1.807) is 18.2 Å². The lowest BCUT2D eigenvalue weighted by molar-refractivity contribution is 0.601. The molecule has 2 rings (SSSR count). The number of nitrogens with two attached hydrogens (primary N) is 1. The Bertz CT molecular complexity index is 518. The van der Waals surface area contributed by atoms with Crippen LogP contribution in [0.2, 0.25) is 0 Å². The summed E-state index contributed by atoms with van der Waals surface area (Å²) >= 11 is 0. The van der Waals surface area contributed by atoms with Gasteiger partial charge in [-0.3, -0.25) is 0 Å². The van der Waals surface area contributed by atoms with Crippen molar-refractivity contribution in [2.24, 2.45) is 0 Å². The van der Waals surface area contributed by atoms with Gasteiger partial charge in [-0.2, -0.15) is 0 Å². The van der Waals surface area contributed by atoms with Gasteiger partial charge in [0, 0.05) is 25.0 Å². The molecule has 1 aromatic carbocycles. The molecule has 5 heteroatoms. The summed E-state index contributed by atoms with van der Waals surface area (Å²) in [6.45, 7) is 1.82. The quantitative estimate of drug-likeness (QED) is 0.834. The van der Waals surface area contributed by atoms with Crippen LogP contribution in [-0.4, -0.2) is 27.8 Å². The molecule has 0 saturated carbocycles. The Kier molecular flexibility index (Phi) is 3.80. The summed E-state index contributed by atoms with van der Waals surface area (Å²) in [5.74, 6) is 0. The topological polar surface area (TPSA) is 63.4 Å². The van der Waals surface area contributed by atoms with Crippen LogP contribution in [0.25, 0.3) is 0 Å². The molecule has 0 bridgehead atoms. The Morgan fingerprint density at radius 2 is 1.72 bits per heavy atom. The summed E-state index contributed by atoms with van der Waals surface area (Å²) in [4.78, 5) is 2.54. The first-order valence-corrected chi connectivity index (χ1v) is 8.22. The molecule has 1 aliphatic heterocycles. The second-order valence-electron chi connectivity index (χ2n) is 4.90. The predicted molar refractivity (Wildman–Crippen MR) is 74.6 cm³/mol. The third-order valence-corrected chi connectivity index (χ3v) is 4.47. The lowest BCUT2D eigenvalue weighted by Crippen LogP contribution is -2.25. The van der Waals surface area contributed by atoms with Crippen molar-refractivity contribution >= 4 is 21.2 Å². The molecule has 2 N–H and O–H groups in total. The van der Waals surface area contributed by atoms with E-state index in [1.165, 1.54) is 19.1 Å². The Labute approximate surface area is 109 Å². The molecule has 1 aromatic rings. The first-order valence-electron chi connectivity index (χ1n) is 6.33. The molecule has 0 spiro atoms. The molecular formula is C13H20N2O2S. The van der Waals surface area contributed by atoms with Crippen molar-refractivity contribution in [2.45, 2.75) is 30.6 Å². The van der Waals surface area contributed by atoms with Gasteiger partial charge in [0.2, 0.25) is 0 Å². The molecule has 1 aliphatic rings. The Morgan fingerprint density at radius 1 is 1.11 bits per heavy atom. The molecule has 100 valence electrons. The van der Waals surface area contributed by atoms with Crippen LogP contribution in [-0.2, 0) is 9.84 Å². The van der Waals surface area contributed by atoms with Crippen molar-refractivity contribution in [3.05, 3.63) is 18.2 Å². The molecule has 4 nitrogen and oxygen atoms in total. The average molecular weight is 268 g/mol. The van der Waals surface area contributed by atoms with Crippen molar-refractivity contribution in [1.82, 2.24) is 0 Å². The smallest absolute Gasteiger partial charge is 0.177 e. The van der Waals surface area contributed by atoms with E-state index in [0.717, 1.165) is 31.6 Å². The van der Waals surface area contributed by atoms with Gasteiger partial charge in [-0.1, -0.05) is 12.8 Å². The number of nitrogens with zero attached hydrogens (tertiary/aromatic N) is 1. The number of hydrogen-bond acceptors (Lipinski definition) is 4. The SMILES string of the molecule is CS(=O)(=O)c1ccc(N)cc1N1CCCCCC1. The summed E-state index contributed by atoms with van der Waals surface area (Å²) in [6, 6.07) is 5.05. The summed E-state index contributed by atoms with van der Waals surface area (Å²) in [5.41, 5.74) is 7.17. The molecule has 1 heterocycles. The fourth-order valence-electron chi connectivity index (χ4n) is 2.41. The van der Waals surface area contributed by atoms with E-state index in [0.29, 0.717) is 10.6 Å². The summed E-state index contributed by atoms with van der Waals surface area (Å²) < 4.78 is 23.7. The minimum absolute atomic E-state index is 0.388. The third-order valence-electron chi connectivity index (χ3n) is 3.33. The lowest BCUT2D eigenvalue weighted by Gasteiger charge is -2.25. The van der Waals surface area contributed by atoms with E-state index in [2.05, 4.69) is 4.90 Å². The average Bonchev–Trinajstić information content (AvgIpc) is 2.55. The fourth-order valence-corrected chi connectivity index (χ4v) is 3.29. The number of sulfone groups is 1. The van der Waals surface area contributed by atoms with Gasteiger partial charge in [-0.25, -0.2) is 8.42 Å². The minimum Gasteiger partial charge on any atom is -0.399 e. The maximum absolute atomic E-state index is 11.8. The highest BCUT2D eigenvalue weighted by Crippen LogP contribution is 2.29. The van der Waals surface area contributed by atoms with Crippen LogP contribution in [0.5, 0.6) is 0 Å². The molecule has 1 fully saturated rings. The summed E-state index contributed by atoms with van der Waals surface area (Å²) in [6.07, 6.45) is 5.90. The molecule has 1 saturated heterocycles. The standard InChI is InChI=1S/C13H20N2O2S/c1-18(16,17)13-7-6-11(14)10-12(13)15-8-4-2-3-5-9-15/h6-7,10H,2-5,8-9,14H2,1H3. The van der Waals surface area contributed by atoms with Gasteiger partial charge in [-0.05, 0) is 31.0 Å². The van der Waals surface area contributed by atoms with E-state index >= 15 is 0 Å². The minimum atomic E-state index is -3.21. The maximum atomic E-state index is 11.8. The normalized spacial score (nSPS) is 17.5. The molecule has 0 atom stereocenters. The molecule has 0 amide bonds. The van der Waals surface area contributed by atoms with Gasteiger partial charge < -0.3 is 10.6 Å². The van der Waals surface area contributed by atoms with E-state index in [1.807, 2.05) is 0 Å². The molecule has 0 unspecified atom stereocenters. The fraction of sp³-hybridized carbons (Fsp3) is 0.538. The number of benzene rings is 1. The zero-order valence-electron chi connectivity index (χ0n) is 10.7. The molecular weight excluding hydrogens is 248 g/mol. The monoisotopic (exact) mass is 268 g/mol. The van der Waals surface area contributed by atoms with Crippen LogP contribution < -0.4 is 10.6 Å². The summed E-state index contributed by atoms with van der Waals surface area (Å²) in [7, 11) is -3.21. The number of hydrogen-bond donors (Lipinski definition) is 1. The van der Waals surface area contributed by atoms with Crippen LogP contribution in [0, 0.1) is 0 Å². The largest absolute Gasteiger partial charge is 0.399 e. The van der Waals surface area contributed by atoms with Crippen molar-refractivity contribution in [1.29, 1.82) is 0 Å². The first kappa shape index (κ1) is 13.2. The van der Waals surface area contributed by atoms with Crippen LogP contribution in [0.1, 0.15) is 25.7 Å². The van der Waals surface area contributed by atoms with Gasteiger partial charge in [0.25, 0.3) is 0 Å². The Hall–Kier alpha value is -1.23. The summed E-state index contributed by atoms with van der Waals surface area (Å²) in [5, 5.41) is 0. The Morgan fingerprint density at radius 3 is 2.28 bits per heavy atom. The van der Waals surface area contributed by atoms with Crippen LogP contribution in [0.4, 0.5) is 11.4 Å². The predicted octanol–water partition coefficient (Wildman–Crippen LogP) is 2.05. The van der Waals surface area contributed by atoms with Crippen molar-refractivity contribution in [3.63, 3.8) is 0 Å². The highest BCUT2D eigenvalue weighted by atomic mass is 32.2. The third kappa shape index (κ3) is 2.96. The van der Waals surface area contributed by atoms with Gasteiger partial charge in [0.15, 0.2) is 9.84 Å². The van der Waals surface area contributed by atoms with E-state index in [-0.39, 0.29) is 0 Å². The van der Waals surface area contributed by atoms with E-state index in [4.69, 9.17) is 5.73 Å².